The highest BCUT2D eigenvalue weighted by Gasteiger charge is 2.14. The van der Waals surface area contributed by atoms with Gasteiger partial charge in [-0.05, 0) is 147 Å². The fraction of sp³-hybridized carbons (Fsp3) is 0.0707. The van der Waals surface area contributed by atoms with Crippen molar-refractivity contribution in [3.63, 3.8) is 0 Å². The van der Waals surface area contributed by atoms with Gasteiger partial charge in [-0.15, -0.1) is 0 Å². The third kappa shape index (κ3) is 16.5. The number of furan rings is 4. The van der Waals surface area contributed by atoms with Crippen molar-refractivity contribution in [2.75, 3.05) is 0 Å². The van der Waals surface area contributed by atoms with E-state index < -0.39 is 0 Å². The van der Waals surface area contributed by atoms with Gasteiger partial charge in [-0.1, -0.05) is 296 Å². The molecule has 10 heteroatoms. The number of fused-ring (bicyclic) bond motifs is 14. The molecule has 0 saturated heterocycles. The summed E-state index contributed by atoms with van der Waals surface area (Å²) in [6, 6.07) is 106. The molecule has 0 radical (unpaired) electrons. The zero-order valence-corrected chi connectivity index (χ0v) is 61.3. The van der Waals surface area contributed by atoms with Crippen molar-refractivity contribution in [2.45, 2.75) is 48.5 Å². The standard InChI is InChI=1S/C24H17N3.C16H13N3.4C13H10O.C7H8/c1-16-25-23(21-12-10-17-6-2-4-8-19(17)14-21)27-24(26-16)22-13-11-18-7-3-5-9-20(18)15-22;1-12-17-15(13-8-4-2-5-9-13)19-16(18-12)14-10-6-3-7-11-14;1-9-5-4-7-11-10-6-2-3-8-12(10)14-13(9)11;1-9-5-4-8-12-13(9)10-6-2-3-7-11(10)14-12;1-9-6-7-13-11(8-9)10-4-2-3-5-12(10)14-13;1-9-6-7-11-10-4-2-3-5-12(10)14-13(11)8-9;1-7-5-3-2-4-6-7/h2-15H,1H3;2-11H,1H3;4*2-8H,1H3;2-6H,1H3/i;;;;;;2D,3D,4D,5D,6D. The second-order valence-electron chi connectivity index (χ2n) is 26.5. The lowest BCUT2D eigenvalue weighted by Crippen LogP contribution is -1.99. The number of hydrogen-bond donors (Lipinski definition) is 0. The van der Waals surface area contributed by atoms with Crippen molar-refractivity contribution in [1.29, 1.82) is 0 Å². The minimum atomic E-state index is -0.337. The number of para-hydroxylation sites is 5. The van der Waals surface area contributed by atoms with Crippen LogP contribution < -0.4 is 0 Å². The Morgan fingerprint density at radius 2 is 0.615 bits per heavy atom. The quantitative estimate of drug-likeness (QED) is 0.168. The number of benzene rings is 15. The Labute approximate surface area is 639 Å². The third-order valence-electron chi connectivity index (χ3n) is 18.5. The SMILES string of the molecule is Cc1ccc2c(c1)oc1ccccc12.Cc1ccc2oc3ccccc3c2c1.Cc1cccc2c1oc1ccccc12.Cc1cccc2oc3ccccc3c12.Cc1nc(-c2ccc3ccccc3c2)nc(-c2ccc3ccccc3c2)n1.Cc1nc(-c2ccccc2)nc(-c2ccccc2)n1.[2H]c1c([2H])c([2H])c(C)c([2H])c1[2H]. The van der Waals surface area contributed by atoms with Gasteiger partial charge in [0.05, 0.1) is 6.85 Å². The molecule has 0 aliphatic heterocycles. The molecule has 0 atom stereocenters. The monoisotopic (exact) mass is 1420 g/mol. The molecule has 21 rings (SSSR count). The number of nitrogens with zero attached hydrogens (tertiary/aromatic N) is 6. The average Bonchev–Trinajstić information content (AvgIpc) is 1.73. The molecule has 0 unspecified atom stereocenters. The number of rotatable bonds is 4. The van der Waals surface area contributed by atoms with Crippen LogP contribution in [0.5, 0.6) is 0 Å². The van der Waals surface area contributed by atoms with Crippen molar-refractivity contribution >= 4 is 109 Å². The van der Waals surface area contributed by atoms with E-state index in [0.29, 0.717) is 28.9 Å². The fourth-order valence-electron chi connectivity index (χ4n) is 13.1. The number of aryl methyl sites for hydroxylation is 6. The molecule has 0 aliphatic carbocycles. The molecule has 21 aromatic rings. The normalized spacial score (nSPS) is 11.5. The number of aromatic nitrogens is 6. The van der Waals surface area contributed by atoms with Crippen LogP contribution in [0.15, 0.2) is 363 Å². The predicted octanol–water partition coefficient (Wildman–Crippen LogP) is 26.9. The predicted molar refractivity (Wildman–Crippen MR) is 451 cm³/mol. The Morgan fingerprint density at radius 3 is 1.18 bits per heavy atom. The smallest absolute Gasteiger partial charge is 0.163 e. The van der Waals surface area contributed by atoms with Gasteiger partial charge in [0, 0.05) is 65.3 Å². The molecule has 0 N–H and O–H groups in total. The topological polar surface area (TPSA) is 130 Å². The highest BCUT2D eigenvalue weighted by molar-refractivity contribution is 6.08. The van der Waals surface area contributed by atoms with E-state index in [1.807, 2.05) is 190 Å². The maximum atomic E-state index is 7.31. The lowest BCUT2D eigenvalue weighted by atomic mass is 10.1. The van der Waals surface area contributed by atoms with Crippen molar-refractivity contribution in [1.82, 2.24) is 29.9 Å². The van der Waals surface area contributed by atoms with Gasteiger partial charge in [0.15, 0.2) is 23.3 Å². The molecule has 0 saturated carbocycles. The lowest BCUT2D eigenvalue weighted by Gasteiger charge is -2.08. The Bertz CT molecular complexity index is 6770. The molecule has 10 nitrogen and oxygen atoms in total. The summed E-state index contributed by atoms with van der Waals surface area (Å²) in [4.78, 5) is 27.3. The van der Waals surface area contributed by atoms with Crippen molar-refractivity contribution in [3.8, 4) is 45.6 Å². The first-order valence-electron chi connectivity index (χ1n) is 38.5. The molecule has 6 aromatic heterocycles. The Morgan fingerprint density at radius 1 is 0.229 bits per heavy atom. The van der Waals surface area contributed by atoms with E-state index in [-0.39, 0.29) is 30.2 Å². The van der Waals surface area contributed by atoms with Crippen molar-refractivity contribution < 1.29 is 24.5 Å². The summed E-state index contributed by atoms with van der Waals surface area (Å²) in [5.41, 5.74) is 17.1. The van der Waals surface area contributed by atoms with Gasteiger partial charge in [-0.2, -0.15) is 0 Å². The van der Waals surface area contributed by atoms with E-state index in [2.05, 4.69) is 192 Å². The van der Waals surface area contributed by atoms with E-state index in [4.69, 9.17) is 29.5 Å². The summed E-state index contributed by atoms with van der Waals surface area (Å²) in [5.74, 6) is 4.29. The molecule has 109 heavy (non-hydrogen) atoms. The van der Waals surface area contributed by atoms with Crippen LogP contribution in [-0.2, 0) is 0 Å². The fourth-order valence-corrected chi connectivity index (χ4v) is 13.1. The van der Waals surface area contributed by atoms with Gasteiger partial charge in [0.1, 0.15) is 56.3 Å². The lowest BCUT2D eigenvalue weighted by molar-refractivity contribution is 0.665. The summed E-state index contributed by atoms with van der Waals surface area (Å²) in [5, 5.41) is 14.4. The zero-order valence-electron chi connectivity index (χ0n) is 66.3. The maximum Gasteiger partial charge on any atom is 0.163 e. The second-order valence-corrected chi connectivity index (χ2v) is 26.5. The van der Waals surface area contributed by atoms with Gasteiger partial charge in [-0.3, -0.25) is 0 Å². The van der Waals surface area contributed by atoms with Crippen LogP contribution in [0, 0.1) is 48.5 Å². The van der Waals surface area contributed by atoms with Gasteiger partial charge < -0.3 is 17.7 Å². The molecule has 15 aromatic carbocycles. The van der Waals surface area contributed by atoms with Crippen molar-refractivity contribution in [3.05, 3.63) is 385 Å². The Balaban J connectivity index is 0.000000107. The van der Waals surface area contributed by atoms with Crippen molar-refractivity contribution in [2.24, 2.45) is 0 Å². The maximum absolute atomic E-state index is 7.31. The van der Waals surface area contributed by atoms with Crippen LogP contribution in [0.25, 0.3) is 155 Å². The summed E-state index contributed by atoms with van der Waals surface area (Å²) in [6.07, 6.45) is 0. The average molecular weight is 1420 g/mol. The summed E-state index contributed by atoms with van der Waals surface area (Å²) in [6.45, 7) is 13.7. The first-order chi connectivity index (χ1) is 55.5. The van der Waals surface area contributed by atoms with Gasteiger partial charge in [0.2, 0.25) is 0 Å². The van der Waals surface area contributed by atoms with Crippen LogP contribution >= 0.6 is 0 Å². The van der Waals surface area contributed by atoms with Crippen LogP contribution in [0.2, 0.25) is 0 Å². The zero-order chi connectivity index (χ0) is 78.9. The molecule has 0 spiro atoms. The van der Waals surface area contributed by atoms with E-state index in [0.717, 1.165) is 78.6 Å². The third-order valence-corrected chi connectivity index (χ3v) is 18.5. The first-order valence-corrected chi connectivity index (χ1v) is 36.0. The molecule has 0 aliphatic rings. The number of hydrogen-bond acceptors (Lipinski definition) is 10. The van der Waals surface area contributed by atoms with E-state index in [9.17, 15) is 0 Å². The highest BCUT2D eigenvalue weighted by Crippen LogP contribution is 2.35. The molecule has 6 heterocycles. The van der Waals surface area contributed by atoms with E-state index in [1.54, 1.807) is 0 Å². The highest BCUT2D eigenvalue weighted by atomic mass is 16.3. The first kappa shape index (κ1) is 64.6. The van der Waals surface area contributed by atoms with Gasteiger partial charge >= 0.3 is 0 Å². The second kappa shape index (κ2) is 32.6. The molecule has 0 amide bonds. The summed E-state index contributed by atoms with van der Waals surface area (Å²) >= 11 is 0. The minimum Gasteiger partial charge on any atom is -0.456 e. The van der Waals surface area contributed by atoms with E-state index in [1.165, 1.54) is 93.8 Å². The molecule has 528 valence electrons. The van der Waals surface area contributed by atoms with E-state index >= 15 is 0 Å². The Kier molecular flexibility index (Phi) is 19.3. The summed E-state index contributed by atoms with van der Waals surface area (Å²) < 4.78 is 59.3. The van der Waals surface area contributed by atoms with Crippen LogP contribution in [0.3, 0.4) is 0 Å². The molecular weight excluding hydrogens is 1340 g/mol. The molecule has 0 fully saturated rings. The van der Waals surface area contributed by atoms with Gasteiger partial charge in [0.25, 0.3) is 0 Å². The van der Waals surface area contributed by atoms with Crippen LogP contribution in [0.4, 0.5) is 0 Å². The van der Waals surface area contributed by atoms with Crippen LogP contribution in [0.1, 0.15) is 46.3 Å². The van der Waals surface area contributed by atoms with Crippen LogP contribution in [-0.4, -0.2) is 29.9 Å². The molecule has 0 bridgehead atoms. The minimum absolute atomic E-state index is 0.124. The largest absolute Gasteiger partial charge is 0.456 e. The molecular formula is C99H78N6O4. The van der Waals surface area contributed by atoms with Gasteiger partial charge in [-0.25, -0.2) is 29.9 Å². The Hall–Kier alpha value is -14.0. The summed E-state index contributed by atoms with van der Waals surface area (Å²) in [7, 11) is 0.